The zero-order chi connectivity index (χ0) is 49.1. The molecule has 0 heterocycles. The molecule has 0 aliphatic heterocycles. The molecule has 4 aliphatic rings. The Morgan fingerprint density at radius 1 is 0.375 bits per heavy atom. The van der Waals surface area contributed by atoms with Crippen molar-refractivity contribution in [3.63, 3.8) is 0 Å². The Morgan fingerprint density at radius 3 is 0.903 bits per heavy atom. The van der Waals surface area contributed by atoms with Gasteiger partial charge < -0.3 is 0 Å². The smallest absolute Gasteiger partial charge is 0.147 e. The normalized spacial score (nSPS) is 18.5. The van der Waals surface area contributed by atoms with Gasteiger partial charge in [0.25, 0.3) is 0 Å². The molecule has 0 N–H and O–H groups in total. The average molecular weight is 1090 g/mol. The first-order chi connectivity index (χ1) is 33.5. The standard InChI is InChI=1S/2C33H37.2CH3.2ClH.H2Si.Zr/c2*1-22-13-23(2)16-28(15-22)30-11-12-31(29-17-24(3)14-25(4)18-29)33-21-27(20-32(30)33)19-26-9-7-5-6-8-10-26;;;;;;/h2*11-18,20-21,26H,5-10,19H2,1-4H3;2*1H3;2*1H;1H2;. The largest absolute Gasteiger partial charge is 0.147 e. The molecule has 6 aromatic rings. The van der Waals surface area contributed by atoms with Crippen LogP contribution in [0.15, 0.2) is 108 Å². The second kappa shape index (κ2) is 22.0. The first-order valence-electron chi connectivity index (χ1n) is 27.6. The summed E-state index contributed by atoms with van der Waals surface area (Å²) in [5.41, 5.74) is 32.1. The summed E-state index contributed by atoms with van der Waals surface area (Å²) in [6.45, 7) is 21.0. The van der Waals surface area contributed by atoms with Crippen LogP contribution in [0.1, 0.15) is 164 Å². The third-order valence-electron chi connectivity index (χ3n) is 17.6. The molecule has 2 unspecified atom stereocenters. The van der Waals surface area contributed by atoms with Gasteiger partial charge in [0.05, 0.1) is 0 Å². The minimum absolute atomic E-state index is 0. The molecule has 0 aromatic heterocycles. The Bertz CT molecular complexity index is 2860. The van der Waals surface area contributed by atoms with Crippen LogP contribution < -0.4 is 0 Å². The molecule has 0 nitrogen and oxygen atoms in total. The Balaban J connectivity index is 0.00000347. The molecule has 378 valence electrons. The number of allylic oxidation sites excluding steroid dienone is 2. The summed E-state index contributed by atoms with van der Waals surface area (Å²) in [7, 11) is 0. The maximum atomic E-state index is 2.98. The number of aryl methyl sites for hydroxylation is 8. The first kappa shape index (κ1) is 54.7. The summed E-state index contributed by atoms with van der Waals surface area (Å²) in [5, 5.41) is 0. The van der Waals surface area contributed by atoms with E-state index in [2.05, 4.69) is 181 Å². The molecule has 10 rings (SSSR count). The molecule has 2 atom stereocenters. The molecule has 0 amide bonds. The van der Waals surface area contributed by atoms with Crippen LogP contribution in [0.3, 0.4) is 0 Å². The van der Waals surface area contributed by atoms with Gasteiger partial charge in [-0.05, 0) is 0 Å². The number of benzene rings is 6. The SMILES string of the molecule is Cc1cc(C)cc(-c2ccc(-c3cc(C)cc(C)c3)c3c2C=C(CC2CCCCCC2)[CH]3[Zr]([CH3])([CH3])(=[SiH2])[CH]2C(CC3CCCCCC3)=Cc3c(-c4cc(C)cc(C)c4)ccc(-c4cc(C)cc(C)c4)c32)c1.Cl.Cl. The molecule has 72 heavy (non-hydrogen) atoms. The van der Waals surface area contributed by atoms with Crippen molar-refractivity contribution in [3.05, 3.63) is 175 Å². The molecule has 4 aliphatic carbocycles. The maximum Gasteiger partial charge on any atom is -0.147 e. The maximum absolute atomic E-state index is 4.38. The van der Waals surface area contributed by atoms with Gasteiger partial charge in [0.2, 0.25) is 0 Å². The fourth-order valence-electron chi connectivity index (χ4n) is 15.1. The van der Waals surface area contributed by atoms with Crippen LogP contribution in [0.25, 0.3) is 56.7 Å². The van der Waals surface area contributed by atoms with Gasteiger partial charge in [-0.15, -0.1) is 24.8 Å². The summed E-state index contributed by atoms with van der Waals surface area (Å²) >= 11 is -4.38. The van der Waals surface area contributed by atoms with Crippen molar-refractivity contribution in [2.45, 2.75) is 162 Å². The van der Waals surface area contributed by atoms with E-state index in [1.165, 1.54) is 190 Å². The van der Waals surface area contributed by atoms with Gasteiger partial charge in [-0.25, -0.2) is 0 Å². The van der Waals surface area contributed by atoms with Crippen LogP contribution in [0.5, 0.6) is 0 Å². The van der Waals surface area contributed by atoms with E-state index in [1.54, 1.807) is 22.3 Å². The van der Waals surface area contributed by atoms with Gasteiger partial charge in [0, 0.05) is 0 Å². The molecular weight excluding hydrogens is 1010 g/mol. The number of fused-ring (bicyclic) bond motifs is 2. The fraction of sp³-hybridized carbons (Fsp3) is 0.412. The molecular formula is C68H84Cl2SiZr. The zero-order valence-corrected chi connectivity index (χ0v) is 51.1. The van der Waals surface area contributed by atoms with Gasteiger partial charge in [-0.1, -0.05) is 0 Å². The summed E-state index contributed by atoms with van der Waals surface area (Å²) in [6.07, 6.45) is 24.7. The van der Waals surface area contributed by atoms with Crippen molar-refractivity contribution in [1.82, 2.24) is 0 Å². The van der Waals surface area contributed by atoms with Crippen LogP contribution in [0.2, 0.25) is 9.26 Å². The Labute approximate surface area is 450 Å². The topological polar surface area (TPSA) is 0 Å². The quantitative estimate of drug-likeness (QED) is 0.0947. The Hall–Kier alpha value is -3.52. The summed E-state index contributed by atoms with van der Waals surface area (Å²) in [6, 6.07) is 39.5. The van der Waals surface area contributed by atoms with Crippen LogP contribution in [-0.2, 0) is 17.4 Å². The van der Waals surface area contributed by atoms with E-state index < -0.39 is 17.4 Å². The number of hydrogen-bond acceptors (Lipinski definition) is 0. The summed E-state index contributed by atoms with van der Waals surface area (Å²) < 4.78 is 6.77. The Morgan fingerprint density at radius 2 is 0.625 bits per heavy atom. The van der Waals surface area contributed by atoms with Crippen molar-refractivity contribution >= 4 is 43.8 Å². The monoisotopic (exact) mass is 1090 g/mol. The number of halogens is 2. The van der Waals surface area contributed by atoms with Crippen LogP contribution in [-0.4, -0.2) is 6.88 Å². The number of hydrogen-bond donors (Lipinski definition) is 0. The number of rotatable bonds is 10. The summed E-state index contributed by atoms with van der Waals surface area (Å²) in [4.78, 5) is 0. The average Bonchev–Trinajstić information content (AvgIpc) is 3.61. The second-order valence-electron chi connectivity index (χ2n) is 24.8. The molecule has 2 saturated carbocycles. The molecule has 2 fully saturated rings. The van der Waals surface area contributed by atoms with Gasteiger partial charge in [0.15, 0.2) is 0 Å². The van der Waals surface area contributed by atoms with Crippen LogP contribution >= 0.6 is 24.8 Å². The first-order valence-corrected chi connectivity index (χ1v) is 41.3. The minimum atomic E-state index is -4.38. The van der Waals surface area contributed by atoms with Crippen molar-refractivity contribution < 1.29 is 17.4 Å². The minimum Gasteiger partial charge on any atom is -0.147 e. The zero-order valence-electron chi connectivity index (χ0n) is 45.6. The van der Waals surface area contributed by atoms with E-state index in [4.69, 9.17) is 0 Å². The van der Waals surface area contributed by atoms with E-state index in [9.17, 15) is 0 Å². The molecule has 4 heteroatoms. The van der Waals surface area contributed by atoms with E-state index >= 15 is 0 Å². The second-order valence-corrected chi connectivity index (χ2v) is 55.3. The molecule has 6 aromatic carbocycles. The van der Waals surface area contributed by atoms with E-state index in [-0.39, 0.29) is 24.8 Å². The predicted octanol–water partition coefficient (Wildman–Crippen LogP) is 20.3. The third kappa shape index (κ3) is 11.1. The fourth-order valence-corrected chi connectivity index (χ4v) is 34.6. The predicted molar refractivity (Wildman–Crippen MR) is 320 cm³/mol. The van der Waals surface area contributed by atoms with Gasteiger partial charge in [-0.3, -0.25) is 0 Å². The van der Waals surface area contributed by atoms with Gasteiger partial charge in [0.1, 0.15) is 0 Å². The van der Waals surface area contributed by atoms with Crippen LogP contribution in [0.4, 0.5) is 0 Å². The van der Waals surface area contributed by atoms with Crippen molar-refractivity contribution in [3.8, 4) is 44.5 Å². The summed E-state index contributed by atoms with van der Waals surface area (Å²) in [5.74, 6) is 1.49. The molecule has 0 spiro atoms. The Kier molecular flexibility index (Phi) is 16.7. The molecule has 0 radical (unpaired) electrons. The van der Waals surface area contributed by atoms with Crippen molar-refractivity contribution in [1.29, 1.82) is 0 Å². The van der Waals surface area contributed by atoms with Crippen molar-refractivity contribution in [2.75, 3.05) is 0 Å². The van der Waals surface area contributed by atoms with Gasteiger partial charge in [-0.2, -0.15) is 0 Å². The molecule has 0 saturated heterocycles. The van der Waals surface area contributed by atoms with E-state index in [0.717, 1.165) is 11.8 Å². The van der Waals surface area contributed by atoms with Crippen LogP contribution in [0, 0.1) is 67.2 Å². The molecule has 0 bridgehead atoms. The van der Waals surface area contributed by atoms with Crippen molar-refractivity contribution in [2.24, 2.45) is 11.8 Å². The van der Waals surface area contributed by atoms with Gasteiger partial charge >= 0.3 is 430 Å². The van der Waals surface area contributed by atoms with E-state index in [0.29, 0.717) is 7.25 Å². The third-order valence-corrected chi connectivity index (χ3v) is 35.0. The van der Waals surface area contributed by atoms with E-state index in [1.807, 2.05) is 0 Å².